The van der Waals surface area contributed by atoms with Gasteiger partial charge in [0.05, 0.1) is 19.8 Å². The molecule has 67 heavy (non-hydrogen) atoms. The Morgan fingerprint density at radius 1 is 0.478 bits per heavy atom. The van der Waals surface area contributed by atoms with Crippen LogP contribution in [0.15, 0.2) is 24.3 Å². The molecule has 0 aliphatic carbocycles. The SMILES string of the molecule is CCCCCC/C=C\C/C=C\CCCCCCCCCC(=O)OC(COCCCCCCCCCCCCCCCCCCCCCCCCCCCC)COC1OC(CO)C(O)C(O)C1O. The van der Waals surface area contributed by atoms with Crippen LogP contribution in [0.4, 0.5) is 0 Å². The van der Waals surface area contributed by atoms with Gasteiger partial charge in [-0.05, 0) is 44.9 Å². The van der Waals surface area contributed by atoms with Gasteiger partial charge in [0.15, 0.2) is 6.29 Å². The normalized spacial score (nSPS) is 19.3. The predicted octanol–water partition coefficient (Wildman–Crippen LogP) is 14.9. The molecule has 0 aromatic heterocycles. The Morgan fingerprint density at radius 3 is 1.30 bits per heavy atom. The van der Waals surface area contributed by atoms with Gasteiger partial charge in [0, 0.05) is 13.0 Å². The maximum Gasteiger partial charge on any atom is 0.306 e. The zero-order valence-corrected chi connectivity index (χ0v) is 43.9. The van der Waals surface area contributed by atoms with E-state index in [1.807, 2.05) is 0 Å². The summed E-state index contributed by atoms with van der Waals surface area (Å²) in [6.45, 7) is 4.59. The van der Waals surface area contributed by atoms with E-state index in [4.69, 9.17) is 18.9 Å². The van der Waals surface area contributed by atoms with Gasteiger partial charge in [0.1, 0.15) is 30.5 Å². The van der Waals surface area contributed by atoms with Gasteiger partial charge in [0.2, 0.25) is 0 Å². The smallest absolute Gasteiger partial charge is 0.306 e. The number of carbonyl (C=O) groups excluding carboxylic acids is 1. The van der Waals surface area contributed by atoms with E-state index in [-0.39, 0.29) is 19.2 Å². The topological polar surface area (TPSA) is 135 Å². The molecule has 0 spiro atoms. The Balaban J connectivity index is 2.12. The van der Waals surface area contributed by atoms with Crippen molar-refractivity contribution in [1.29, 1.82) is 0 Å². The zero-order valence-electron chi connectivity index (χ0n) is 43.9. The number of ether oxygens (including phenoxy) is 4. The molecule has 0 saturated carbocycles. The van der Waals surface area contributed by atoms with Crippen molar-refractivity contribution in [2.45, 2.75) is 314 Å². The van der Waals surface area contributed by atoms with Crippen molar-refractivity contribution in [2.75, 3.05) is 26.4 Å². The third-order valence-electron chi connectivity index (χ3n) is 13.6. The highest BCUT2D eigenvalue weighted by Crippen LogP contribution is 2.23. The molecule has 0 amide bonds. The van der Waals surface area contributed by atoms with E-state index in [2.05, 4.69) is 38.2 Å². The van der Waals surface area contributed by atoms with Gasteiger partial charge in [-0.25, -0.2) is 0 Å². The number of unbranched alkanes of at least 4 members (excludes halogenated alkanes) is 36. The summed E-state index contributed by atoms with van der Waals surface area (Å²) >= 11 is 0. The highest BCUT2D eigenvalue weighted by molar-refractivity contribution is 5.69. The molecular weight excluding hydrogens is 841 g/mol. The summed E-state index contributed by atoms with van der Waals surface area (Å²) in [4.78, 5) is 12.9. The van der Waals surface area contributed by atoms with E-state index in [0.717, 1.165) is 44.9 Å². The minimum Gasteiger partial charge on any atom is -0.457 e. The monoisotopic (exact) mass is 951 g/mol. The lowest BCUT2D eigenvalue weighted by Gasteiger charge is -2.39. The van der Waals surface area contributed by atoms with E-state index in [1.54, 1.807) is 0 Å². The molecule has 0 aromatic carbocycles. The van der Waals surface area contributed by atoms with Crippen molar-refractivity contribution in [2.24, 2.45) is 0 Å². The van der Waals surface area contributed by atoms with Crippen LogP contribution in [-0.2, 0) is 23.7 Å². The number of aliphatic hydroxyl groups excluding tert-OH is 4. The highest BCUT2D eigenvalue weighted by atomic mass is 16.7. The fourth-order valence-corrected chi connectivity index (χ4v) is 9.11. The van der Waals surface area contributed by atoms with Crippen molar-refractivity contribution in [1.82, 2.24) is 0 Å². The fourth-order valence-electron chi connectivity index (χ4n) is 9.11. The first-order valence-corrected chi connectivity index (χ1v) is 28.9. The number of allylic oxidation sites excluding steroid dienone is 4. The predicted molar refractivity (Wildman–Crippen MR) is 279 cm³/mol. The summed E-state index contributed by atoms with van der Waals surface area (Å²) in [5, 5.41) is 40.3. The van der Waals surface area contributed by atoms with Crippen molar-refractivity contribution < 1.29 is 44.2 Å². The van der Waals surface area contributed by atoms with Crippen LogP contribution >= 0.6 is 0 Å². The molecule has 1 saturated heterocycles. The number of carbonyl (C=O) groups is 1. The van der Waals surface area contributed by atoms with Crippen LogP contribution in [0.3, 0.4) is 0 Å². The zero-order chi connectivity index (χ0) is 48.5. The van der Waals surface area contributed by atoms with Gasteiger partial charge >= 0.3 is 5.97 Å². The van der Waals surface area contributed by atoms with Crippen molar-refractivity contribution in [3.63, 3.8) is 0 Å². The first-order valence-electron chi connectivity index (χ1n) is 28.9. The molecule has 1 rings (SSSR count). The summed E-state index contributed by atoms with van der Waals surface area (Å²) in [6, 6.07) is 0. The third kappa shape index (κ3) is 40.0. The molecule has 4 N–H and O–H groups in total. The first-order chi connectivity index (χ1) is 32.9. The first kappa shape index (κ1) is 63.7. The summed E-state index contributed by atoms with van der Waals surface area (Å²) in [5.41, 5.74) is 0. The number of rotatable bonds is 51. The molecule has 6 atom stereocenters. The van der Waals surface area contributed by atoms with Crippen LogP contribution in [0, 0.1) is 0 Å². The van der Waals surface area contributed by atoms with E-state index in [1.165, 1.54) is 212 Å². The van der Waals surface area contributed by atoms with Crippen molar-refractivity contribution >= 4 is 5.97 Å². The highest BCUT2D eigenvalue weighted by Gasteiger charge is 2.44. The van der Waals surface area contributed by atoms with E-state index in [9.17, 15) is 25.2 Å². The van der Waals surface area contributed by atoms with Crippen LogP contribution in [0.2, 0.25) is 0 Å². The molecule has 0 aromatic rings. The number of esters is 1. The molecule has 0 bridgehead atoms. The lowest BCUT2D eigenvalue weighted by molar-refractivity contribution is -0.305. The van der Waals surface area contributed by atoms with Gasteiger partial charge in [-0.15, -0.1) is 0 Å². The van der Waals surface area contributed by atoms with Crippen molar-refractivity contribution in [3.05, 3.63) is 24.3 Å². The molecule has 1 heterocycles. The molecule has 9 heteroatoms. The molecule has 9 nitrogen and oxygen atoms in total. The molecule has 1 aliphatic rings. The lowest BCUT2D eigenvalue weighted by atomic mass is 9.99. The average Bonchev–Trinajstić information content (AvgIpc) is 3.33. The number of hydrogen-bond acceptors (Lipinski definition) is 9. The van der Waals surface area contributed by atoms with Crippen LogP contribution in [-0.4, -0.2) is 89.6 Å². The minimum atomic E-state index is -1.54. The number of aliphatic hydroxyl groups is 4. The van der Waals surface area contributed by atoms with Gasteiger partial charge < -0.3 is 39.4 Å². The van der Waals surface area contributed by atoms with Gasteiger partial charge in [-0.2, -0.15) is 0 Å². The van der Waals surface area contributed by atoms with Crippen LogP contribution < -0.4 is 0 Å². The van der Waals surface area contributed by atoms with Gasteiger partial charge in [-0.3, -0.25) is 4.79 Å². The minimum absolute atomic E-state index is 0.112. The van der Waals surface area contributed by atoms with Crippen molar-refractivity contribution in [3.8, 4) is 0 Å². The Morgan fingerprint density at radius 2 is 0.866 bits per heavy atom. The summed E-state index contributed by atoms with van der Waals surface area (Å²) in [7, 11) is 0. The quantitative estimate of drug-likeness (QED) is 0.0267. The summed E-state index contributed by atoms with van der Waals surface area (Å²) in [5.74, 6) is -0.315. The largest absolute Gasteiger partial charge is 0.457 e. The molecule has 1 fully saturated rings. The van der Waals surface area contributed by atoms with Crippen LogP contribution in [0.1, 0.15) is 277 Å². The lowest BCUT2D eigenvalue weighted by Crippen LogP contribution is -2.59. The average molecular weight is 952 g/mol. The standard InChI is InChI=1S/C58H110O9/c1-3-5-7-9-11-13-15-17-19-21-23-24-25-26-27-28-29-30-32-34-36-38-40-42-44-46-48-64-50-52(51-65-58-57(63)56(62)55(61)53(49-59)67-58)66-54(60)47-45-43-41-39-37-35-33-31-22-20-18-16-14-12-10-8-6-4-2/h14,16,20,22,52-53,55-59,61-63H,3-13,15,17-19,21,23-51H2,1-2H3/b16-14-,22-20-. The maximum atomic E-state index is 12.9. The number of hydrogen-bond donors (Lipinski definition) is 4. The summed E-state index contributed by atoms with van der Waals surface area (Å²) in [6.07, 6.45) is 53.7. The molecule has 1 aliphatic heterocycles. The Bertz CT molecular complexity index is 1080. The molecule has 0 radical (unpaired) electrons. The summed E-state index contributed by atoms with van der Waals surface area (Å²) < 4.78 is 23.0. The van der Waals surface area contributed by atoms with E-state index in [0.29, 0.717) is 13.0 Å². The van der Waals surface area contributed by atoms with E-state index >= 15 is 0 Å². The molecular formula is C58H110O9. The Labute approximate surface area is 413 Å². The maximum absolute atomic E-state index is 12.9. The Hall–Kier alpha value is -1.33. The van der Waals surface area contributed by atoms with E-state index < -0.39 is 43.4 Å². The molecule has 396 valence electrons. The van der Waals surface area contributed by atoms with Crippen LogP contribution in [0.25, 0.3) is 0 Å². The van der Waals surface area contributed by atoms with Gasteiger partial charge in [-0.1, -0.05) is 250 Å². The van der Waals surface area contributed by atoms with Gasteiger partial charge in [0.25, 0.3) is 0 Å². The third-order valence-corrected chi connectivity index (χ3v) is 13.6. The fraction of sp³-hybridized carbons (Fsp3) is 0.914. The second kappa shape index (κ2) is 49.6. The second-order valence-corrected chi connectivity index (χ2v) is 20.1. The second-order valence-electron chi connectivity index (χ2n) is 20.1. The molecule has 6 unspecified atom stereocenters. The van der Waals surface area contributed by atoms with Crippen LogP contribution in [0.5, 0.6) is 0 Å². The Kier molecular flexibility index (Phi) is 47.2.